The average molecular weight is 498 g/mol. The summed E-state index contributed by atoms with van der Waals surface area (Å²) >= 11 is 2.84. The van der Waals surface area contributed by atoms with Crippen LogP contribution >= 0.6 is 22.7 Å². The number of alkyl halides is 3. The van der Waals surface area contributed by atoms with Crippen LogP contribution in [-0.4, -0.2) is 43.9 Å². The SMILES string of the molecule is Cc1nc(CO)sc1-c1csc(CC(=O)CC2CCN(c3ncc(C(F)(F)F)cn3)CC2)n1. The summed E-state index contributed by atoms with van der Waals surface area (Å²) in [7, 11) is 0. The summed E-state index contributed by atoms with van der Waals surface area (Å²) in [6.45, 7) is 2.97. The van der Waals surface area contributed by atoms with E-state index >= 15 is 0 Å². The lowest BCUT2D eigenvalue weighted by atomic mass is 9.91. The minimum absolute atomic E-state index is 0.106. The van der Waals surface area contributed by atoms with Crippen molar-refractivity contribution < 1.29 is 23.1 Å². The van der Waals surface area contributed by atoms with Gasteiger partial charge in [0.15, 0.2) is 0 Å². The molecule has 7 nitrogen and oxygen atoms in total. The van der Waals surface area contributed by atoms with Crippen LogP contribution in [0.1, 0.15) is 40.5 Å². The maximum atomic E-state index is 12.7. The summed E-state index contributed by atoms with van der Waals surface area (Å²) in [5.74, 6) is 0.626. The number of rotatable bonds is 7. The zero-order valence-electron chi connectivity index (χ0n) is 17.8. The maximum absolute atomic E-state index is 12.7. The van der Waals surface area contributed by atoms with Crippen molar-refractivity contribution in [1.29, 1.82) is 0 Å². The molecule has 0 aromatic carbocycles. The molecule has 0 saturated carbocycles. The summed E-state index contributed by atoms with van der Waals surface area (Å²) < 4.78 is 38.0. The molecule has 1 fully saturated rings. The number of piperidine rings is 1. The van der Waals surface area contributed by atoms with Crippen molar-refractivity contribution >= 4 is 34.4 Å². The van der Waals surface area contributed by atoms with E-state index in [4.69, 9.17) is 0 Å². The number of anilines is 1. The van der Waals surface area contributed by atoms with Gasteiger partial charge >= 0.3 is 6.18 Å². The third-order valence-corrected chi connectivity index (χ3v) is 7.50. The molecule has 0 bridgehead atoms. The van der Waals surface area contributed by atoms with Crippen LogP contribution in [0, 0.1) is 12.8 Å². The van der Waals surface area contributed by atoms with Crippen LogP contribution in [-0.2, 0) is 24.0 Å². The second-order valence-corrected chi connectivity index (χ2v) is 9.95. The lowest BCUT2D eigenvalue weighted by Crippen LogP contribution is -2.35. The lowest BCUT2D eigenvalue weighted by molar-refractivity contribution is -0.138. The molecule has 0 amide bonds. The average Bonchev–Trinajstić information content (AvgIpc) is 3.39. The fraction of sp³-hybridized carbons (Fsp3) is 0.476. The highest BCUT2D eigenvalue weighted by molar-refractivity contribution is 7.16. The summed E-state index contributed by atoms with van der Waals surface area (Å²) in [4.78, 5) is 32.0. The molecule has 0 spiro atoms. The van der Waals surface area contributed by atoms with E-state index in [2.05, 4.69) is 19.9 Å². The molecule has 33 heavy (non-hydrogen) atoms. The molecule has 0 unspecified atom stereocenters. The first-order chi connectivity index (χ1) is 15.7. The number of aliphatic hydroxyl groups excluding tert-OH is 1. The number of thiazole rings is 2. The number of carbonyl (C=O) groups is 1. The maximum Gasteiger partial charge on any atom is 0.419 e. The Hall–Kier alpha value is -2.44. The van der Waals surface area contributed by atoms with Crippen molar-refractivity contribution in [3.63, 3.8) is 0 Å². The Balaban J connectivity index is 1.27. The van der Waals surface area contributed by atoms with Crippen LogP contribution in [0.4, 0.5) is 19.1 Å². The standard InChI is InChI=1S/C21H22F3N5O2S2/c1-12-19(33-18(10-30)27-12)16-11-32-17(28-16)7-15(31)6-13-2-4-29(5-3-13)20-25-8-14(9-26-20)21(22,23)24/h8-9,11,13,30H,2-7,10H2,1H3. The first kappa shape index (κ1) is 23.7. The summed E-state index contributed by atoms with van der Waals surface area (Å²) in [6, 6.07) is 0. The van der Waals surface area contributed by atoms with Gasteiger partial charge in [-0.25, -0.2) is 19.9 Å². The van der Waals surface area contributed by atoms with Crippen molar-refractivity contribution in [1.82, 2.24) is 19.9 Å². The largest absolute Gasteiger partial charge is 0.419 e. The van der Waals surface area contributed by atoms with E-state index in [9.17, 15) is 23.1 Å². The second kappa shape index (κ2) is 9.82. The van der Waals surface area contributed by atoms with Gasteiger partial charge in [0.05, 0.1) is 34.9 Å². The number of aromatic nitrogens is 4. The first-order valence-corrected chi connectivity index (χ1v) is 12.1. The molecule has 0 aliphatic carbocycles. The highest BCUT2D eigenvalue weighted by atomic mass is 32.1. The van der Waals surface area contributed by atoms with Gasteiger partial charge in [-0.1, -0.05) is 0 Å². The molecule has 0 radical (unpaired) electrons. The van der Waals surface area contributed by atoms with Gasteiger partial charge in [0.1, 0.15) is 15.8 Å². The van der Waals surface area contributed by atoms with E-state index in [1.165, 1.54) is 22.7 Å². The molecular weight excluding hydrogens is 475 g/mol. The predicted molar refractivity (Wildman–Crippen MR) is 119 cm³/mol. The first-order valence-electron chi connectivity index (χ1n) is 10.4. The van der Waals surface area contributed by atoms with Crippen molar-refractivity contribution in [3.05, 3.63) is 39.0 Å². The normalized spacial score (nSPS) is 15.2. The molecule has 12 heteroatoms. The van der Waals surface area contributed by atoms with Crippen LogP contribution < -0.4 is 4.90 Å². The minimum atomic E-state index is -4.45. The third-order valence-electron chi connectivity index (χ3n) is 5.49. The summed E-state index contributed by atoms with van der Waals surface area (Å²) in [6.07, 6.45) is -0.613. The number of hydrogen-bond donors (Lipinski definition) is 1. The van der Waals surface area contributed by atoms with Gasteiger partial charge in [-0.05, 0) is 25.7 Å². The van der Waals surface area contributed by atoms with Gasteiger partial charge in [0.2, 0.25) is 5.95 Å². The Morgan fingerprint density at radius 1 is 1.18 bits per heavy atom. The Morgan fingerprint density at radius 2 is 1.88 bits per heavy atom. The van der Waals surface area contributed by atoms with Crippen molar-refractivity contribution in [2.75, 3.05) is 18.0 Å². The molecule has 3 aromatic rings. The lowest BCUT2D eigenvalue weighted by Gasteiger charge is -2.31. The molecule has 1 aliphatic heterocycles. The van der Waals surface area contributed by atoms with E-state index in [0.29, 0.717) is 24.5 Å². The number of hydrogen-bond acceptors (Lipinski definition) is 9. The molecule has 4 heterocycles. The Labute approximate surface area is 196 Å². The van der Waals surface area contributed by atoms with Gasteiger partial charge in [0, 0.05) is 37.3 Å². The highest BCUT2D eigenvalue weighted by Gasteiger charge is 2.32. The number of halogens is 3. The van der Waals surface area contributed by atoms with Crippen LogP contribution in [0.3, 0.4) is 0 Å². The molecule has 1 saturated heterocycles. The van der Waals surface area contributed by atoms with E-state index in [0.717, 1.165) is 46.5 Å². The molecule has 176 valence electrons. The number of nitrogens with zero attached hydrogens (tertiary/aromatic N) is 5. The molecule has 3 aromatic heterocycles. The van der Waals surface area contributed by atoms with E-state index < -0.39 is 11.7 Å². The number of carbonyl (C=O) groups excluding carboxylic acids is 1. The number of aryl methyl sites for hydroxylation is 1. The minimum Gasteiger partial charge on any atom is -0.389 e. The van der Waals surface area contributed by atoms with Crippen LogP contribution in [0.2, 0.25) is 0 Å². The van der Waals surface area contributed by atoms with Gasteiger partial charge in [-0.15, -0.1) is 22.7 Å². The second-order valence-electron chi connectivity index (χ2n) is 7.93. The van der Waals surface area contributed by atoms with Gasteiger partial charge in [0.25, 0.3) is 0 Å². The zero-order chi connectivity index (χ0) is 23.6. The van der Waals surface area contributed by atoms with Crippen LogP contribution in [0.5, 0.6) is 0 Å². The van der Waals surface area contributed by atoms with E-state index in [1.54, 1.807) is 0 Å². The van der Waals surface area contributed by atoms with Crippen molar-refractivity contribution in [2.24, 2.45) is 5.92 Å². The van der Waals surface area contributed by atoms with E-state index in [1.807, 2.05) is 17.2 Å². The zero-order valence-corrected chi connectivity index (χ0v) is 19.4. The number of Topliss-reactive ketones (excluding diaryl/α,β-unsaturated/α-hetero) is 1. The molecular formula is C21H22F3N5O2S2. The fourth-order valence-corrected chi connectivity index (χ4v) is 5.56. The number of ketones is 1. The molecule has 0 atom stereocenters. The van der Waals surface area contributed by atoms with Gasteiger partial charge < -0.3 is 10.0 Å². The molecule has 4 rings (SSSR count). The monoisotopic (exact) mass is 497 g/mol. The van der Waals surface area contributed by atoms with Crippen molar-refractivity contribution in [3.8, 4) is 10.6 Å². The topological polar surface area (TPSA) is 92.1 Å². The van der Waals surface area contributed by atoms with Crippen LogP contribution in [0.15, 0.2) is 17.8 Å². The Kier molecular flexibility index (Phi) is 7.05. The van der Waals surface area contributed by atoms with Crippen molar-refractivity contribution in [2.45, 2.75) is 45.4 Å². The smallest absolute Gasteiger partial charge is 0.389 e. The van der Waals surface area contributed by atoms with Gasteiger partial charge in [-0.3, -0.25) is 4.79 Å². The third kappa shape index (κ3) is 5.74. The van der Waals surface area contributed by atoms with Crippen LogP contribution in [0.25, 0.3) is 10.6 Å². The molecule has 1 N–H and O–H groups in total. The van der Waals surface area contributed by atoms with Gasteiger partial charge in [-0.2, -0.15) is 13.2 Å². The highest BCUT2D eigenvalue weighted by Crippen LogP contribution is 2.32. The predicted octanol–water partition coefficient (Wildman–Crippen LogP) is 4.29. The Morgan fingerprint density at radius 3 is 2.48 bits per heavy atom. The quantitative estimate of drug-likeness (QED) is 0.521. The summed E-state index contributed by atoms with van der Waals surface area (Å²) in [5.41, 5.74) is 0.731. The fourth-order valence-electron chi connectivity index (χ4n) is 3.78. The molecule has 1 aliphatic rings. The van der Waals surface area contributed by atoms with E-state index in [-0.39, 0.29) is 30.7 Å². The number of aliphatic hydroxyl groups is 1. The summed E-state index contributed by atoms with van der Waals surface area (Å²) in [5, 5.41) is 12.6. The Bertz CT molecular complexity index is 1110.